The Labute approximate surface area is 136 Å². The number of nitrogens with one attached hydrogen (secondary N) is 1. The Kier molecular flexibility index (Phi) is 5.44. The summed E-state index contributed by atoms with van der Waals surface area (Å²) in [5, 5.41) is 2.82. The third kappa shape index (κ3) is 4.85. The van der Waals surface area contributed by atoms with Gasteiger partial charge in [-0.3, -0.25) is 0 Å². The van der Waals surface area contributed by atoms with E-state index in [2.05, 4.69) is 5.32 Å². The van der Waals surface area contributed by atoms with E-state index >= 15 is 0 Å². The summed E-state index contributed by atoms with van der Waals surface area (Å²) in [6, 6.07) is 9.87. The lowest BCUT2D eigenvalue weighted by molar-refractivity contribution is 0.193. The molecule has 2 amide bonds. The quantitative estimate of drug-likeness (QED) is 0.878. The molecule has 0 fully saturated rings. The SMILES string of the molecule is CCN(Cc1ccco1)C(=O)NCc1ccc(S(C)(=O)=O)cc1. The molecule has 2 aromatic rings. The van der Waals surface area contributed by atoms with Gasteiger partial charge < -0.3 is 14.6 Å². The maximum absolute atomic E-state index is 12.2. The van der Waals surface area contributed by atoms with Crippen molar-refractivity contribution in [3.05, 3.63) is 54.0 Å². The van der Waals surface area contributed by atoms with Crippen molar-refractivity contribution in [1.29, 1.82) is 0 Å². The van der Waals surface area contributed by atoms with Crippen LogP contribution >= 0.6 is 0 Å². The predicted octanol–water partition coefficient (Wildman–Crippen LogP) is 2.41. The first-order chi connectivity index (χ1) is 10.9. The van der Waals surface area contributed by atoms with Crippen LogP contribution < -0.4 is 5.32 Å². The zero-order chi connectivity index (χ0) is 16.9. The molecule has 0 radical (unpaired) electrons. The largest absolute Gasteiger partial charge is 0.467 e. The first kappa shape index (κ1) is 17.1. The molecule has 1 aromatic carbocycles. The number of nitrogens with zero attached hydrogens (tertiary/aromatic N) is 1. The van der Waals surface area contributed by atoms with E-state index in [1.54, 1.807) is 29.4 Å². The zero-order valence-electron chi connectivity index (χ0n) is 13.2. The summed E-state index contributed by atoms with van der Waals surface area (Å²) in [6.07, 6.45) is 2.74. The molecule has 23 heavy (non-hydrogen) atoms. The second kappa shape index (κ2) is 7.32. The molecule has 124 valence electrons. The van der Waals surface area contributed by atoms with Crippen molar-refractivity contribution in [2.24, 2.45) is 0 Å². The Morgan fingerprint density at radius 3 is 2.43 bits per heavy atom. The van der Waals surface area contributed by atoms with Crippen molar-refractivity contribution in [3.63, 3.8) is 0 Å². The molecule has 1 aromatic heterocycles. The number of carbonyl (C=O) groups is 1. The van der Waals surface area contributed by atoms with Crippen LogP contribution in [0.1, 0.15) is 18.2 Å². The number of sulfone groups is 1. The highest BCUT2D eigenvalue weighted by molar-refractivity contribution is 7.90. The van der Waals surface area contributed by atoms with Gasteiger partial charge in [0.2, 0.25) is 0 Å². The van der Waals surface area contributed by atoms with Gasteiger partial charge in [0.25, 0.3) is 0 Å². The molecular formula is C16H20N2O4S. The third-order valence-corrected chi connectivity index (χ3v) is 4.52. The smallest absolute Gasteiger partial charge is 0.318 e. The highest BCUT2D eigenvalue weighted by Gasteiger charge is 2.13. The number of rotatable bonds is 6. The third-order valence-electron chi connectivity index (χ3n) is 3.39. The fourth-order valence-electron chi connectivity index (χ4n) is 2.06. The molecule has 0 bridgehead atoms. The molecule has 6 nitrogen and oxygen atoms in total. The van der Waals surface area contributed by atoms with E-state index in [1.807, 2.05) is 13.0 Å². The summed E-state index contributed by atoms with van der Waals surface area (Å²) in [6.45, 7) is 3.18. The summed E-state index contributed by atoms with van der Waals surface area (Å²) in [4.78, 5) is 14.1. The van der Waals surface area contributed by atoms with Crippen molar-refractivity contribution < 1.29 is 17.6 Å². The first-order valence-electron chi connectivity index (χ1n) is 7.24. The van der Waals surface area contributed by atoms with Gasteiger partial charge in [-0.1, -0.05) is 12.1 Å². The van der Waals surface area contributed by atoms with Gasteiger partial charge in [0, 0.05) is 19.3 Å². The van der Waals surface area contributed by atoms with Crippen LogP contribution in [0.5, 0.6) is 0 Å². The summed E-state index contributed by atoms with van der Waals surface area (Å²) in [7, 11) is -3.20. The second-order valence-electron chi connectivity index (χ2n) is 5.17. The molecule has 2 rings (SSSR count). The van der Waals surface area contributed by atoms with E-state index < -0.39 is 9.84 Å². The Hall–Kier alpha value is -2.28. The Balaban J connectivity index is 1.92. The van der Waals surface area contributed by atoms with Gasteiger partial charge in [-0.15, -0.1) is 0 Å². The van der Waals surface area contributed by atoms with Crippen molar-refractivity contribution in [3.8, 4) is 0 Å². The minimum Gasteiger partial charge on any atom is -0.467 e. The van der Waals surface area contributed by atoms with Crippen LogP contribution in [0.15, 0.2) is 52.0 Å². The summed E-state index contributed by atoms with van der Waals surface area (Å²) in [5.41, 5.74) is 0.833. The van der Waals surface area contributed by atoms with Crippen LogP contribution in [-0.4, -0.2) is 32.1 Å². The van der Waals surface area contributed by atoms with E-state index in [1.165, 1.54) is 12.1 Å². The van der Waals surface area contributed by atoms with Crippen molar-refractivity contribution in [2.75, 3.05) is 12.8 Å². The van der Waals surface area contributed by atoms with Crippen molar-refractivity contribution >= 4 is 15.9 Å². The molecule has 0 aliphatic heterocycles. The molecule has 1 N–H and O–H groups in total. The Bertz CT molecular complexity index is 737. The fourth-order valence-corrected chi connectivity index (χ4v) is 2.69. The number of urea groups is 1. The van der Waals surface area contributed by atoms with Crippen molar-refractivity contribution in [1.82, 2.24) is 10.2 Å². The average molecular weight is 336 g/mol. The van der Waals surface area contributed by atoms with Crippen LogP contribution in [0.4, 0.5) is 4.79 Å². The number of hydrogen-bond donors (Lipinski definition) is 1. The van der Waals surface area contributed by atoms with Crippen LogP contribution in [0.2, 0.25) is 0 Å². The Morgan fingerprint density at radius 1 is 1.22 bits per heavy atom. The van der Waals surface area contributed by atoms with Crippen LogP contribution in [0.25, 0.3) is 0 Å². The Morgan fingerprint density at radius 2 is 1.91 bits per heavy atom. The lowest BCUT2D eigenvalue weighted by Gasteiger charge is -2.20. The average Bonchev–Trinajstić information content (AvgIpc) is 3.03. The molecule has 0 saturated carbocycles. The number of hydrogen-bond acceptors (Lipinski definition) is 4. The maximum Gasteiger partial charge on any atom is 0.318 e. The van der Waals surface area contributed by atoms with E-state index in [9.17, 15) is 13.2 Å². The van der Waals surface area contributed by atoms with E-state index in [0.717, 1.165) is 17.6 Å². The van der Waals surface area contributed by atoms with E-state index in [-0.39, 0.29) is 10.9 Å². The highest BCUT2D eigenvalue weighted by Crippen LogP contribution is 2.10. The molecular weight excluding hydrogens is 316 g/mol. The minimum absolute atomic E-state index is 0.198. The van der Waals surface area contributed by atoms with Gasteiger partial charge in [-0.05, 0) is 36.8 Å². The molecule has 7 heteroatoms. The number of furan rings is 1. The monoisotopic (exact) mass is 336 g/mol. The van der Waals surface area contributed by atoms with E-state index in [4.69, 9.17) is 4.42 Å². The minimum atomic E-state index is -3.20. The van der Waals surface area contributed by atoms with Crippen LogP contribution in [0, 0.1) is 0 Å². The molecule has 0 unspecified atom stereocenters. The van der Waals surface area contributed by atoms with Gasteiger partial charge >= 0.3 is 6.03 Å². The predicted molar refractivity (Wildman–Crippen MR) is 86.6 cm³/mol. The summed E-state index contributed by atoms with van der Waals surface area (Å²) >= 11 is 0. The highest BCUT2D eigenvalue weighted by atomic mass is 32.2. The normalized spacial score (nSPS) is 11.2. The first-order valence-corrected chi connectivity index (χ1v) is 9.13. The second-order valence-corrected chi connectivity index (χ2v) is 7.18. The molecule has 0 aliphatic rings. The standard InChI is InChI=1S/C16H20N2O4S/c1-3-18(12-14-5-4-10-22-14)16(19)17-11-13-6-8-15(9-7-13)23(2,20)21/h4-10H,3,11-12H2,1-2H3,(H,17,19). The molecule has 1 heterocycles. The van der Waals surface area contributed by atoms with Crippen molar-refractivity contribution in [2.45, 2.75) is 24.9 Å². The van der Waals surface area contributed by atoms with Gasteiger partial charge in [0.1, 0.15) is 5.76 Å². The molecule has 0 saturated heterocycles. The number of amides is 2. The lowest BCUT2D eigenvalue weighted by Crippen LogP contribution is -2.38. The summed E-state index contributed by atoms with van der Waals surface area (Å²) in [5.74, 6) is 0.722. The lowest BCUT2D eigenvalue weighted by atomic mass is 10.2. The molecule has 0 aliphatic carbocycles. The van der Waals surface area contributed by atoms with Crippen LogP contribution in [0.3, 0.4) is 0 Å². The van der Waals surface area contributed by atoms with E-state index in [0.29, 0.717) is 19.6 Å². The number of carbonyl (C=O) groups excluding carboxylic acids is 1. The molecule has 0 spiro atoms. The zero-order valence-corrected chi connectivity index (χ0v) is 14.0. The van der Waals surface area contributed by atoms with Gasteiger partial charge in [-0.2, -0.15) is 0 Å². The van der Waals surface area contributed by atoms with Gasteiger partial charge in [0.15, 0.2) is 9.84 Å². The molecule has 0 atom stereocenters. The number of benzene rings is 1. The van der Waals surface area contributed by atoms with Crippen LogP contribution in [-0.2, 0) is 22.9 Å². The fraction of sp³-hybridized carbons (Fsp3) is 0.312. The van der Waals surface area contributed by atoms with Gasteiger partial charge in [0.05, 0.1) is 17.7 Å². The maximum atomic E-state index is 12.2. The summed E-state index contributed by atoms with van der Waals surface area (Å²) < 4.78 is 28.1. The van der Waals surface area contributed by atoms with Gasteiger partial charge in [-0.25, -0.2) is 13.2 Å². The topological polar surface area (TPSA) is 79.6 Å².